The van der Waals surface area contributed by atoms with Crippen molar-refractivity contribution >= 4 is 45.6 Å². The van der Waals surface area contributed by atoms with Crippen molar-refractivity contribution < 1.29 is 13.9 Å². The van der Waals surface area contributed by atoms with Crippen LogP contribution in [0, 0.1) is 5.82 Å². The summed E-state index contributed by atoms with van der Waals surface area (Å²) in [6, 6.07) is 9.02. The Bertz CT molecular complexity index is 1350. The van der Waals surface area contributed by atoms with E-state index in [4.69, 9.17) is 16.3 Å². The monoisotopic (exact) mass is 538 g/mol. The number of likely N-dealkylation sites (tertiary alicyclic amines) is 1. The molecule has 2 fully saturated rings. The minimum atomic E-state index is -0.503. The van der Waals surface area contributed by atoms with E-state index < -0.39 is 5.82 Å². The van der Waals surface area contributed by atoms with Crippen molar-refractivity contribution in [2.24, 2.45) is 0 Å². The quantitative estimate of drug-likeness (QED) is 0.321. The molecule has 1 aromatic heterocycles. The van der Waals surface area contributed by atoms with Gasteiger partial charge in [0.1, 0.15) is 11.6 Å². The second-order valence-corrected chi connectivity index (χ2v) is 10.2. The van der Waals surface area contributed by atoms with E-state index in [2.05, 4.69) is 30.8 Å². The summed E-state index contributed by atoms with van der Waals surface area (Å²) < 4.78 is 19.0. The molecule has 2 heterocycles. The van der Waals surface area contributed by atoms with Gasteiger partial charge in [-0.05, 0) is 87.6 Å². The third-order valence-electron chi connectivity index (χ3n) is 7.12. The SMILES string of the molecule is CNC1CCN(CC=CC(=O)Nc2cc3c(Nc4ccc(F)c(Cl)c4)nc(OC)nc3cc2C2CC2)CC1. The van der Waals surface area contributed by atoms with Crippen molar-refractivity contribution in [1.29, 1.82) is 0 Å². The second kappa shape index (κ2) is 11.6. The van der Waals surface area contributed by atoms with E-state index in [9.17, 15) is 9.18 Å². The van der Waals surface area contributed by atoms with Gasteiger partial charge in [0.2, 0.25) is 5.91 Å². The number of rotatable bonds is 9. The van der Waals surface area contributed by atoms with Crippen LogP contribution in [0.1, 0.15) is 37.2 Å². The van der Waals surface area contributed by atoms with Gasteiger partial charge in [0.25, 0.3) is 0 Å². The van der Waals surface area contributed by atoms with Crippen LogP contribution in [-0.4, -0.2) is 60.6 Å². The zero-order valence-corrected chi connectivity index (χ0v) is 22.3. The van der Waals surface area contributed by atoms with Gasteiger partial charge in [-0.1, -0.05) is 17.7 Å². The molecule has 1 amide bonds. The molecule has 1 aliphatic heterocycles. The van der Waals surface area contributed by atoms with Crippen molar-refractivity contribution in [3.8, 4) is 6.01 Å². The van der Waals surface area contributed by atoms with Crippen LogP contribution in [0.3, 0.4) is 0 Å². The molecule has 0 spiro atoms. The number of carbonyl (C=O) groups is 1. The number of nitrogens with zero attached hydrogens (tertiary/aromatic N) is 3. The van der Waals surface area contributed by atoms with Crippen LogP contribution in [0.4, 0.5) is 21.6 Å². The smallest absolute Gasteiger partial charge is 0.318 e. The maximum atomic E-state index is 13.7. The van der Waals surface area contributed by atoms with E-state index in [1.54, 1.807) is 12.1 Å². The van der Waals surface area contributed by atoms with E-state index in [1.165, 1.54) is 19.2 Å². The Kier molecular flexibility index (Phi) is 8.06. The van der Waals surface area contributed by atoms with Crippen molar-refractivity contribution in [1.82, 2.24) is 20.2 Å². The Balaban J connectivity index is 1.38. The lowest BCUT2D eigenvalue weighted by Gasteiger charge is -2.30. The minimum absolute atomic E-state index is 0.00230. The van der Waals surface area contributed by atoms with Gasteiger partial charge in [-0.3, -0.25) is 9.69 Å². The molecule has 3 aromatic rings. The van der Waals surface area contributed by atoms with Crippen molar-refractivity contribution in [3.63, 3.8) is 0 Å². The number of methoxy groups -OCH3 is 1. The largest absolute Gasteiger partial charge is 0.467 e. The number of hydrogen-bond donors (Lipinski definition) is 3. The maximum Gasteiger partial charge on any atom is 0.318 e. The number of halogens is 2. The molecular weight excluding hydrogens is 507 g/mol. The highest BCUT2D eigenvalue weighted by Gasteiger charge is 2.28. The third-order valence-corrected chi connectivity index (χ3v) is 7.40. The van der Waals surface area contributed by atoms with E-state index in [0.717, 1.165) is 56.6 Å². The minimum Gasteiger partial charge on any atom is -0.467 e. The van der Waals surface area contributed by atoms with Crippen LogP contribution in [0.2, 0.25) is 5.02 Å². The van der Waals surface area contributed by atoms with Gasteiger partial charge in [0, 0.05) is 35.4 Å². The first-order chi connectivity index (χ1) is 18.4. The molecule has 0 bridgehead atoms. The molecule has 2 aromatic carbocycles. The Morgan fingerprint density at radius 1 is 1.18 bits per heavy atom. The predicted molar refractivity (Wildman–Crippen MR) is 149 cm³/mol. The van der Waals surface area contributed by atoms with Crippen LogP contribution >= 0.6 is 11.6 Å². The predicted octanol–water partition coefficient (Wildman–Crippen LogP) is 5.23. The molecule has 38 heavy (non-hydrogen) atoms. The summed E-state index contributed by atoms with van der Waals surface area (Å²) in [5.41, 5.74) is 3.04. The average molecular weight is 539 g/mol. The number of aromatic nitrogens is 2. The normalized spacial score (nSPS) is 16.7. The Morgan fingerprint density at radius 3 is 2.66 bits per heavy atom. The lowest BCUT2D eigenvalue weighted by molar-refractivity contribution is -0.111. The number of amides is 1. The number of ether oxygens (including phenoxy) is 1. The summed E-state index contributed by atoms with van der Waals surface area (Å²) in [4.78, 5) is 24.2. The number of piperidine rings is 1. The van der Waals surface area contributed by atoms with Crippen LogP contribution in [-0.2, 0) is 4.79 Å². The molecule has 0 radical (unpaired) electrons. The fraction of sp³-hybridized carbons (Fsp3) is 0.393. The van der Waals surface area contributed by atoms with Gasteiger partial charge in [-0.25, -0.2) is 4.39 Å². The fourth-order valence-electron chi connectivity index (χ4n) is 4.80. The summed E-state index contributed by atoms with van der Waals surface area (Å²) in [6.07, 6.45) is 7.89. The topological polar surface area (TPSA) is 91.4 Å². The van der Waals surface area contributed by atoms with Crippen molar-refractivity contribution in [3.05, 3.63) is 58.9 Å². The third kappa shape index (κ3) is 6.23. The Morgan fingerprint density at radius 2 is 1.97 bits per heavy atom. The highest BCUT2D eigenvalue weighted by atomic mass is 35.5. The van der Waals surface area contributed by atoms with Crippen LogP contribution in [0.25, 0.3) is 10.9 Å². The molecule has 8 nitrogen and oxygen atoms in total. The lowest BCUT2D eigenvalue weighted by Crippen LogP contribution is -2.41. The Labute approximate surface area is 226 Å². The van der Waals surface area contributed by atoms with E-state index in [1.807, 2.05) is 25.3 Å². The van der Waals surface area contributed by atoms with Crippen molar-refractivity contribution in [2.75, 3.05) is 44.4 Å². The number of carbonyl (C=O) groups excluding carboxylic acids is 1. The zero-order valence-electron chi connectivity index (χ0n) is 21.6. The maximum absolute atomic E-state index is 13.7. The lowest BCUT2D eigenvalue weighted by atomic mass is 10.0. The molecule has 1 saturated heterocycles. The molecule has 5 rings (SSSR count). The van der Waals surface area contributed by atoms with Crippen LogP contribution in [0.5, 0.6) is 6.01 Å². The first-order valence-electron chi connectivity index (χ1n) is 12.9. The number of fused-ring (bicyclic) bond motifs is 1. The van der Waals surface area contributed by atoms with Gasteiger partial charge in [-0.15, -0.1) is 0 Å². The average Bonchev–Trinajstić information content (AvgIpc) is 3.76. The number of benzene rings is 2. The standard InChI is InChI=1S/C28H32ClFN6O2/c1-31-18-9-12-36(13-10-18)11-3-4-26(37)33-24-16-21-25(15-20(24)17-5-6-17)34-28(38-2)35-27(21)32-19-7-8-23(30)22(29)14-19/h3-4,7-8,14-18,31H,5-6,9-13H2,1-2H3,(H,33,37)(H,32,34,35). The highest BCUT2D eigenvalue weighted by Crippen LogP contribution is 2.45. The van der Waals surface area contributed by atoms with Crippen LogP contribution in [0.15, 0.2) is 42.5 Å². The molecule has 2 aliphatic rings. The Hall–Kier alpha value is -3.27. The van der Waals surface area contributed by atoms with Gasteiger partial charge in [0.05, 0.1) is 17.6 Å². The molecule has 3 N–H and O–H groups in total. The summed E-state index contributed by atoms with van der Waals surface area (Å²) in [5, 5.41) is 10.3. The number of anilines is 3. The first kappa shape index (κ1) is 26.3. The van der Waals surface area contributed by atoms with Gasteiger partial charge in [-0.2, -0.15) is 9.97 Å². The molecule has 0 atom stereocenters. The van der Waals surface area contributed by atoms with E-state index in [-0.39, 0.29) is 16.9 Å². The summed E-state index contributed by atoms with van der Waals surface area (Å²) in [7, 11) is 3.51. The summed E-state index contributed by atoms with van der Waals surface area (Å²) in [5.74, 6) is 0.163. The molecule has 1 saturated carbocycles. The number of nitrogens with one attached hydrogen (secondary N) is 3. The number of hydrogen-bond acceptors (Lipinski definition) is 7. The molecule has 200 valence electrons. The van der Waals surface area contributed by atoms with Gasteiger partial charge < -0.3 is 20.7 Å². The molecule has 0 unspecified atom stereocenters. The van der Waals surface area contributed by atoms with Crippen molar-refractivity contribution in [2.45, 2.75) is 37.6 Å². The molecule has 1 aliphatic carbocycles. The molecule has 10 heteroatoms. The molecular formula is C28H32ClFN6O2. The summed E-state index contributed by atoms with van der Waals surface area (Å²) in [6.45, 7) is 2.79. The summed E-state index contributed by atoms with van der Waals surface area (Å²) >= 11 is 5.97. The zero-order chi connectivity index (χ0) is 26.6. The highest BCUT2D eigenvalue weighted by molar-refractivity contribution is 6.31. The van der Waals surface area contributed by atoms with Crippen LogP contribution < -0.4 is 20.7 Å². The first-order valence-corrected chi connectivity index (χ1v) is 13.3. The van der Waals surface area contributed by atoms with E-state index >= 15 is 0 Å². The van der Waals surface area contributed by atoms with Gasteiger partial charge in [0.15, 0.2) is 0 Å². The van der Waals surface area contributed by atoms with Gasteiger partial charge >= 0.3 is 6.01 Å². The second-order valence-electron chi connectivity index (χ2n) is 9.80. The fourth-order valence-corrected chi connectivity index (χ4v) is 4.98. The van der Waals surface area contributed by atoms with E-state index in [0.29, 0.717) is 34.4 Å².